The highest BCUT2D eigenvalue weighted by Gasteiger charge is 2.10. The fourth-order valence-corrected chi connectivity index (χ4v) is 2.79. The fraction of sp³-hybridized carbons (Fsp3) is 0.308. The van der Waals surface area contributed by atoms with E-state index in [4.69, 9.17) is 5.73 Å². The van der Waals surface area contributed by atoms with E-state index >= 15 is 0 Å². The van der Waals surface area contributed by atoms with Crippen LogP contribution < -0.4 is 5.73 Å². The maximum Gasteiger partial charge on any atom is 0.123 e. The quantitative estimate of drug-likeness (QED) is 0.909. The lowest BCUT2D eigenvalue weighted by atomic mass is 10.1. The van der Waals surface area contributed by atoms with Gasteiger partial charge in [0.1, 0.15) is 5.82 Å². The Labute approximate surface area is 104 Å². The number of aryl methyl sites for hydroxylation is 1. The molecule has 0 aliphatic rings. The minimum absolute atomic E-state index is 0.113. The summed E-state index contributed by atoms with van der Waals surface area (Å²) in [5.41, 5.74) is 7.65. The number of benzene rings is 1. The van der Waals surface area contributed by atoms with Gasteiger partial charge in [0.15, 0.2) is 0 Å². The van der Waals surface area contributed by atoms with Crippen LogP contribution in [-0.2, 0) is 6.42 Å². The Morgan fingerprint density at radius 1 is 1.35 bits per heavy atom. The average Bonchev–Trinajstić information content (AvgIpc) is 2.59. The van der Waals surface area contributed by atoms with Crippen LogP contribution in [0.25, 0.3) is 11.3 Å². The molecule has 90 valence electrons. The van der Waals surface area contributed by atoms with Crippen molar-refractivity contribution in [3.8, 4) is 11.3 Å². The SMILES string of the molecule is Cc1sc(CC(C)N)nc1-c1ccc(F)cc1. The predicted molar refractivity (Wildman–Crippen MR) is 69.6 cm³/mol. The molecule has 0 aliphatic carbocycles. The van der Waals surface area contributed by atoms with Crippen LogP contribution in [0.5, 0.6) is 0 Å². The molecule has 4 heteroatoms. The van der Waals surface area contributed by atoms with Crippen molar-refractivity contribution in [1.82, 2.24) is 4.98 Å². The Balaban J connectivity index is 2.32. The Morgan fingerprint density at radius 2 is 2.00 bits per heavy atom. The van der Waals surface area contributed by atoms with Crippen LogP contribution in [0.15, 0.2) is 24.3 Å². The van der Waals surface area contributed by atoms with Gasteiger partial charge >= 0.3 is 0 Å². The van der Waals surface area contributed by atoms with E-state index in [-0.39, 0.29) is 11.9 Å². The molecule has 2 N–H and O–H groups in total. The van der Waals surface area contributed by atoms with E-state index in [1.807, 2.05) is 13.8 Å². The van der Waals surface area contributed by atoms with Gasteiger partial charge in [0, 0.05) is 22.9 Å². The summed E-state index contributed by atoms with van der Waals surface area (Å²) in [4.78, 5) is 5.71. The highest BCUT2D eigenvalue weighted by molar-refractivity contribution is 7.12. The van der Waals surface area contributed by atoms with E-state index in [9.17, 15) is 4.39 Å². The number of nitrogens with two attached hydrogens (primary N) is 1. The summed E-state index contributed by atoms with van der Waals surface area (Å²) < 4.78 is 12.8. The van der Waals surface area contributed by atoms with Crippen LogP contribution in [0.2, 0.25) is 0 Å². The van der Waals surface area contributed by atoms with Crippen molar-refractivity contribution in [3.05, 3.63) is 40.0 Å². The second kappa shape index (κ2) is 4.94. The number of halogens is 1. The summed E-state index contributed by atoms with van der Waals surface area (Å²) in [7, 11) is 0. The zero-order valence-corrected chi connectivity index (χ0v) is 10.7. The molecule has 1 heterocycles. The summed E-state index contributed by atoms with van der Waals surface area (Å²) in [5, 5.41) is 1.04. The third kappa shape index (κ3) is 2.90. The fourth-order valence-electron chi connectivity index (χ4n) is 1.69. The highest BCUT2D eigenvalue weighted by atomic mass is 32.1. The summed E-state index contributed by atoms with van der Waals surface area (Å²) in [6, 6.07) is 6.54. The minimum atomic E-state index is -0.225. The molecule has 0 fully saturated rings. The van der Waals surface area contributed by atoms with Gasteiger partial charge in [-0.1, -0.05) is 0 Å². The van der Waals surface area contributed by atoms with E-state index in [2.05, 4.69) is 4.98 Å². The number of aromatic nitrogens is 1. The van der Waals surface area contributed by atoms with Crippen molar-refractivity contribution in [1.29, 1.82) is 0 Å². The Kier molecular flexibility index (Phi) is 3.54. The van der Waals surface area contributed by atoms with Crippen LogP contribution in [0.3, 0.4) is 0 Å². The van der Waals surface area contributed by atoms with Crippen molar-refractivity contribution in [2.24, 2.45) is 5.73 Å². The van der Waals surface area contributed by atoms with Crippen molar-refractivity contribution in [2.45, 2.75) is 26.3 Å². The Hall–Kier alpha value is -1.26. The molecular formula is C13H15FN2S. The normalized spacial score (nSPS) is 12.7. The van der Waals surface area contributed by atoms with Crippen molar-refractivity contribution in [2.75, 3.05) is 0 Å². The molecule has 0 bridgehead atoms. The van der Waals surface area contributed by atoms with E-state index in [0.29, 0.717) is 0 Å². The average molecular weight is 250 g/mol. The summed E-state index contributed by atoms with van der Waals surface area (Å²) in [6.07, 6.45) is 0.784. The van der Waals surface area contributed by atoms with E-state index in [1.165, 1.54) is 12.1 Å². The molecule has 0 aliphatic heterocycles. The zero-order valence-electron chi connectivity index (χ0n) is 9.90. The Morgan fingerprint density at radius 3 is 2.59 bits per heavy atom. The van der Waals surface area contributed by atoms with Gasteiger partial charge in [-0.3, -0.25) is 0 Å². The molecule has 1 aromatic carbocycles. The van der Waals surface area contributed by atoms with Crippen LogP contribution in [0.1, 0.15) is 16.8 Å². The molecule has 1 atom stereocenters. The lowest BCUT2D eigenvalue weighted by Crippen LogP contribution is -2.17. The molecule has 0 amide bonds. The van der Waals surface area contributed by atoms with Gasteiger partial charge < -0.3 is 5.73 Å². The molecular weight excluding hydrogens is 235 g/mol. The summed E-state index contributed by atoms with van der Waals surface area (Å²) in [6.45, 7) is 4.00. The molecule has 0 spiro atoms. The molecule has 0 saturated heterocycles. The largest absolute Gasteiger partial charge is 0.328 e. The first kappa shape index (κ1) is 12.2. The molecule has 1 unspecified atom stereocenters. The summed E-state index contributed by atoms with van der Waals surface area (Å²) >= 11 is 1.66. The minimum Gasteiger partial charge on any atom is -0.328 e. The first-order chi connectivity index (χ1) is 8.06. The van der Waals surface area contributed by atoms with E-state index in [1.54, 1.807) is 23.5 Å². The van der Waals surface area contributed by atoms with Gasteiger partial charge in [0.2, 0.25) is 0 Å². The smallest absolute Gasteiger partial charge is 0.123 e. The third-order valence-electron chi connectivity index (χ3n) is 2.46. The van der Waals surface area contributed by atoms with Crippen LogP contribution in [-0.4, -0.2) is 11.0 Å². The van der Waals surface area contributed by atoms with Gasteiger partial charge in [-0.25, -0.2) is 9.37 Å². The standard InChI is InChI=1S/C13H15FN2S/c1-8(15)7-12-16-13(9(2)17-12)10-3-5-11(14)6-4-10/h3-6,8H,7,15H2,1-2H3. The zero-order chi connectivity index (χ0) is 12.4. The first-order valence-corrected chi connectivity index (χ1v) is 6.35. The van der Waals surface area contributed by atoms with Gasteiger partial charge in [-0.05, 0) is 38.1 Å². The van der Waals surface area contributed by atoms with Crippen molar-refractivity contribution < 1.29 is 4.39 Å². The molecule has 2 aromatic rings. The van der Waals surface area contributed by atoms with Crippen LogP contribution in [0.4, 0.5) is 4.39 Å². The maximum atomic E-state index is 12.8. The monoisotopic (exact) mass is 250 g/mol. The molecule has 0 saturated carbocycles. The first-order valence-electron chi connectivity index (χ1n) is 5.54. The summed E-state index contributed by atoms with van der Waals surface area (Å²) in [5.74, 6) is -0.225. The highest BCUT2D eigenvalue weighted by Crippen LogP contribution is 2.28. The lowest BCUT2D eigenvalue weighted by molar-refractivity contribution is 0.628. The number of nitrogens with zero attached hydrogens (tertiary/aromatic N) is 1. The van der Waals surface area contributed by atoms with Gasteiger partial charge in [-0.15, -0.1) is 11.3 Å². The molecule has 2 rings (SSSR count). The number of hydrogen-bond donors (Lipinski definition) is 1. The van der Waals surface area contributed by atoms with E-state index < -0.39 is 0 Å². The van der Waals surface area contributed by atoms with E-state index in [0.717, 1.165) is 27.6 Å². The molecule has 1 aromatic heterocycles. The van der Waals surface area contributed by atoms with Gasteiger partial charge in [-0.2, -0.15) is 0 Å². The van der Waals surface area contributed by atoms with Gasteiger partial charge in [0.05, 0.1) is 10.7 Å². The molecule has 0 radical (unpaired) electrons. The predicted octanol–water partition coefficient (Wildman–Crippen LogP) is 3.15. The second-order valence-corrected chi connectivity index (χ2v) is 5.49. The maximum absolute atomic E-state index is 12.8. The van der Waals surface area contributed by atoms with Gasteiger partial charge in [0.25, 0.3) is 0 Å². The third-order valence-corrected chi connectivity index (χ3v) is 3.45. The topological polar surface area (TPSA) is 38.9 Å². The van der Waals surface area contributed by atoms with Crippen molar-refractivity contribution in [3.63, 3.8) is 0 Å². The van der Waals surface area contributed by atoms with Crippen molar-refractivity contribution >= 4 is 11.3 Å². The molecule has 2 nitrogen and oxygen atoms in total. The number of thiazole rings is 1. The Bertz CT molecular complexity index is 503. The van der Waals surface area contributed by atoms with Crippen LogP contribution >= 0.6 is 11.3 Å². The number of rotatable bonds is 3. The second-order valence-electron chi connectivity index (χ2n) is 4.20. The number of hydrogen-bond acceptors (Lipinski definition) is 3. The molecule has 17 heavy (non-hydrogen) atoms. The van der Waals surface area contributed by atoms with Crippen LogP contribution in [0, 0.1) is 12.7 Å². The lowest BCUT2D eigenvalue weighted by Gasteiger charge is -2.00.